The van der Waals surface area contributed by atoms with E-state index in [9.17, 15) is 4.79 Å². The zero-order valence-corrected chi connectivity index (χ0v) is 8.80. The molecule has 1 aromatic rings. The van der Waals surface area contributed by atoms with E-state index >= 15 is 0 Å². The largest absolute Gasteiger partial charge is 0.478 e. The molecule has 1 saturated carbocycles. The minimum Gasteiger partial charge on any atom is -0.478 e. The van der Waals surface area contributed by atoms with E-state index in [4.69, 9.17) is 14.9 Å². The van der Waals surface area contributed by atoms with Gasteiger partial charge < -0.3 is 14.9 Å². The molecule has 1 unspecified atom stereocenters. The highest BCUT2D eigenvalue weighted by molar-refractivity contribution is 5.73. The zero-order chi connectivity index (χ0) is 11.5. The maximum Gasteiger partial charge on any atom is 0.345 e. The highest BCUT2D eigenvalue weighted by Crippen LogP contribution is 2.35. The minimum atomic E-state index is -0.909. The molecule has 0 saturated heterocycles. The predicted molar refractivity (Wildman–Crippen MR) is 57.1 cm³/mol. The van der Waals surface area contributed by atoms with Crippen LogP contribution in [0.4, 0.5) is 0 Å². The Hall–Kier alpha value is -1.55. The Balaban J connectivity index is 2.03. The van der Waals surface area contributed by atoms with Gasteiger partial charge in [0.1, 0.15) is 5.75 Å². The molecule has 0 amide bonds. The number of ether oxygens (including phenoxy) is 1. The molecule has 1 aromatic carbocycles. The maximum atomic E-state index is 10.9. The van der Waals surface area contributed by atoms with E-state index in [2.05, 4.69) is 0 Å². The normalized spacial score (nSPS) is 16.8. The van der Waals surface area contributed by atoms with E-state index in [0.717, 1.165) is 18.4 Å². The van der Waals surface area contributed by atoms with Crippen LogP contribution in [0.15, 0.2) is 24.3 Å². The highest BCUT2D eigenvalue weighted by Gasteiger charge is 2.38. The van der Waals surface area contributed by atoms with Crippen molar-refractivity contribution in [2.75, 3.05) is 0 Å². The molecule has 1 fully saturated rings. The number of benzene rings is 1. The first-order chi connectivity index (χ1) is 7.70. The van der Waals surface area contributed by atoms with Crippen molar-refractivity contribution in [1.29, 1.82) is 0 Å². The molecule has 0 aromatic heterocycles. The minimum absolute atomic E-state index is 0.0226. The lowest BCUT2D eigenvalue weighted by atomic mass is 10.2. The Labute approximate surface area is 93.5 Å². The number of carbonyl (C=O) groups is 1. The Kier molecular flexibility index (Phi) is 3.10. The summed E-state index contributed by atoms with van der Waals surface area (Å²) in [6, 6.07) is 6.82. The summed E-state index contributed by atoms with van der Waals surface area (Å²) in [5.74, 6) is -0.222. The third kappa shape index (κ3) is 2.52. The fraction of sp³-hybridized carbons (Fsp3) is 0.417. The van der Waals surface area contributed by atoms with Crippen molar-refractivity contribution in [3.05, 3.63) is 29.8 Å². The lowest BCUT2D eigenvalue weighted by Crippen LogP contribution is -2.29. The van der Waals surface area contributed by atoms with Gasteiger partial charge in [0.15, 0.2) is 6.10 Å². The van der Waals surface area contributed by atoms with E-state index in [0.29, 0.717) is 5.75 Å². The number of hydrogen-bond donors (Lipinski definition) is 2. The van der Waals surface area contributed by atoms with Crippen molar-refractivity contribution in [3.8, 4) is 5.75 Å². The molecule has 0 spiro atoms. The second-order valence-electron chi connectivity index (χ2n) is 4.02. The quantitative estimate of drug-likeness (QED) is 0.790. The van der Waals surface area contributed by atoms with Gasteiger partial charge in [0.25, 0.3) is 0 Å². The van der Waals surface area contributed by atoms with Crippen molar-refractivity contribution in [3.63, 3.8) is 0 Å². The van der Waals surface area contributed by atoms with Crippen LogP contribution in [0, 0.1) is 5.92 Å². The summed E-state index contributed by atoms with van der Waals surface area (Å²) < 4.78 is 5.42. The summed E-state index contributed by atoms with van der Waals surface area (Å²) in [4.78, 5) is 10.9. The molecule has 4 heteroatoms. The number of carboxylic acid groups (broad SMARTS) is 1. The van der Waals surface area contributed by atoms with Crippen molar-refractivity contribution < 1.29 is 19.7 Å². The van der Waals surface area contributed by atoms with Crippen LogP contribution in [-0.4, -0.2) is 22.3 Å². The van der Waals surface area contributed by atoms with E-state index < -0.39 is 12.1 Å². The number of hydrogen-bond acceptors (Lipinski definition) is 3. The molecule has 1 aliphatic rings. The first-order valence-electron chi connectivity index (χ1n) is 5.30. The van der Waals surface area contributed by atoms with Gasteiger partial charge in [-0.05, 0) is 30.5 Å². The Morgan fingerprint density at radius 1 is 1.38 bits per heavy atom. The molecule has 4 nitrogen and oxygen atoms in total. The van der Waals surface area contributed by atoms with Crippen LogP contribution in [0.25, 0.3) is 0 Å². The molecular formula is C12H14O4. The van der Waals surface area contributed by atoms with E-state index in [1.807, 2.05) is 0 Å². The standard InChI is InChI=1S/C12H14O4/c13-7-8-1-5-10(6-2-8)16-11(12(14)15)9-3-4-9/h1-2,5-6,9,11,13H,3-4,7H2,(H,14,15). The third-order valence-corrected chi connectivity index (χ3v) is 2.66. The summed E-state index contributed by atoms with van der Waals surface area (Å²) >= 11 is 0. The van der Waals surface area contributed by atoms with Gasteiger partial charge in [0.2, 0.25) is 0 Å². The molecule has 0 radical (unpaired) electrons. The van der Waals surface area contributed by atoms with Crippen molar-refractivity contribution in [2.24, 2.45) is 5.92 Å². The summed E-state index contributed by atoms with van der Waals surface area (Å²) in [5.41, 5.74) is 0.783. The van der Waals surface area contributed by atoms with Gasteiger partial charge in [-0.25, -0.2) is 4.79 Å². The van der Waals surface area contributed by atoms with Crippen LogP contribution < -0.4 is 4.74 Å². The Morgan fingerprint density at radius 3 is 2.44 bits per heavy atom. The van der Waals surface area contributed by atoms with Crippen LogP contribution in [-0.2, 0) is 11.4 Å². The second-order valence-corrected chi connectivity index (χ2v) is 4.02. The smallest absolute Gasteiger partial charge is 0.345 e. The Bertz CT molecular complexity index is 367. The van der Waals surface area contributed by atoms with Crippen molar-refractivity contribution in [1.82, 2.24) is 0 Å². The van der Waals surface area contributed by atoms with Crippen LogP contribution in [0.2, 0.25) is 0 Å². The molecule has 2 N–H and O–H groups in total. The van der Waals surface area contributed by atoms with E-state index in [-0.39, 0.29) is 12.5 Å². The van der Waals surface area contributed by atoms with Crippen LogP contribution in [0.5, 0.6) is 5.75 Å². The van der Waals surface area contributed by atoms with Crippen molar-refractivity contribution >= 4 is 5.97 Å². The summed E-state index contributed by atoms with van der Waals surface area (Å²) in [5, 5.41) is 17.8. The molecule has 0 heterocycles. The molecule has 86 valence electrons. The van der Waals surface area contributed by atoms with Crippen LogP contribution >= 0.6 is 0 Å². The molecule has 1 atom stereocenters. The topological polar surface area (TPSA) is 66.8 Å². The molecular weight excluding hydrogens is 208 g/mol. The van der Waals surface area contributed by atoms with E-state index in [1.165, 1.54) is 0 Å². The summed E-state index contributed by atoms with van der Waals surface area (Å²) in [7, 11) is 0. The van der Waals surface area contributed by atoms with Gasteiger partial charge >= 0.3 is 5.97 Å². The van der Waals surface area contributed by atoms with Crippen LogP contribution in [0.1, 0.15) is 18.4 Å². The maximum absolute atomic E-state index is 10.9. The molecule has 16 heavy (non-hydrogen) atoms. The highest BCUT2D eigenvalue weighted by atomic mass is 16.5. The van der Waals surface area contributed by atoms with Gasteiger partial charge in [-0.3, -0.25) is 0 Å². The monoisotopic (exact) mass is 222 g/mol. The number of carboxylic acids is 1. The van der Waals surface area contributed by atoms with Crippen LogP contribution in [0.3, 0.4) is 0 Å². The average molecular weight is 222 g/mol. The first-order valence-corrected chi connectivity index (χ1v) is 5.30. The van der Waals surface area contributed by atoms with Gasteiger partial charge in [-0.1, -0.05) is 12.1 Å². The van der Waals surface area contributed by atoms with Gasteiger partial charge in [-0.2, -0.15) is 0 Å². The lowest BCUT2D eigenvalue weighted by molar-refractivity contribution is -0.146. The van der Waals surface area contributed by atoms with Gasteiger partial charge in [-0.15, -0.1) is 0 Å². The molecule has 1 aliphatic carbocycles. The average Bonchev–Trinajstić information content (AvgIpc) is 3.10. The van der Waals surface area contributed by atoms with Gasteiger partial charge in [0, 0.05) is 5.92 Å². The molecule has 2 rings (SSSR count). The lowest BCUT2D eigenvalue weighted by Gasteiger charge is -2.14. The van der Waals surface area contributed by atoms with E-state index in [1.54, 1.807) is 24.3 Å². The number of rotatable bonds is 5. The molecule has 0 bridgehead atoms. The fourth-order valence-corrected chi connectivity index (χ4v) is 1.57. The Morgan fingerprint density at radius 2 is 2.00 bits per heavy atom. The summed E-state index contributed by atoms with van der Waals surface area (Å²) in [6.07, 6.45) is 1.11. The predicted octanol–water partition coefficient (Wildman–Crippen LogP) is 1.42. The fourth-order valence-electron chi connectivity index (χ4n) is 1.57. The number of aliphatic hydroxyl groups excluding tert-OH is 1. The zero-order valence-electron chi connectivity index (χ0n) is 8.80. The number of aliphatic hydroxyl groups is 1. The second kappa shape index (κ2) is 4.53. The van der Waals surface area contributed by atoms with Crippen molar-refractivity contribution in [2.45, 2.75) is 25.6 Å². The van der Waals surface area contributed by atoms with Gasteiger partial charge in [0.05, 0.1) is 6.61 Å². The molecule has 0 aliphatic heterocycles. The third-order valence-electron chi connectivity index (χ3n) is 2.66. The first kappa shape index (κ1) is 11.0. The number of aliphatic carboxylic acids is 1. The summed E-state index contributed by atoms with van der Waals surface area (Å²) in [6.45, 7) is -0.0226. The SMILES string of the molecule is O=C(O)C(Oc1ccc(CO)cc1)C1CC1.